The van der Waals surface area contributed by atoms with Crippen molar-refractivity contribution >= 4 is 22.5 Å². The third-order valence-electron chi connectivity index (χ3n) is 4.35. The molecule has 1 aromatic heterocycles. The van der Waals surface area contributed by atoms with Crippen LogP contribution >= 0.6 is 0 Å². The summed E-state index contributed by atoms with van der Waals surface area (Å²) in [6.07, 6.45) is 3.36. The van der Waals surface area contributed by atoms with Crippen molar-refractivity contribution in [3.63, 3.8) is 0 Å². The summed E-state index contributed by atoms with van der Waals surface area (Å²) in [6.45, 7) is 4.26. The number of nitrogens with zero attached hydrogens (tertiary/aromatic N) is 1. The van der Waals surface area contributed by atoms with Gasteiger partial charge in [-0.05, 0) is 45.2 Å². The molecule has 1 fully saturated rings. The number of benzene rings is 1. The molecular weight excluding hydrogens is 250 g/mol. The Morgan fingerprint density at radius 1 is 1.30 bits per heavy atom. The minimum Gasteiger partial charge on any atom is -0.397 e. The van der Waals surface area contributed by atoms with E-state index in [1.807, 2.05) is 29.2 Å². The molecule has 4 heteroatoms. The maximum absolute atomic E-state index is 12.8. The molecule has 0 radical (unpaired) electrons. The molecule has 0 spiro atoms. The van der Waals surface area contributed by atoms with Gasteiger partial charge in [0.25, 0.3) is 5.91 Å². The van der Waals surface area contributed by atoms with Gasteiger partial charge in [-0.1, -0.05) is 12.1 Å². The van der Waals surface area contributed by atoms with Crippen molar-refractivity contribution in [2.45, 2.75) is 45.2 Å². The van der Waals surface area contributed by atoms with E-state index in [1.165, 1.54) is 6.42 Å². The van der Waals surface area contributed by atoms with Crippen LogP contribution in [0.4, 0.5) is 5.69 Å². The van der Waals surface area contributed by atoms with Crippen molar-refractivity contribution in [1.29, 1.82) is 0 Å². The minimum absolute atomic E-state index is 0.0836. The number of rotatable bonds is 1. The first-order chi connectivity index (χ1) is 9.58. The number of anilines is 1. The summed E-state index contributed by atoms with van der Waals surface area (Å²) >= 11 is 0. The SMILES string of the molecule is C[C@@H]1CCC[C@H](C)N1C(=O)c1cc2cccc(N)c2[nH]1. The number of nitrogen functional groups attached to an aromatic ring is 1. The van der Waals surface area contributed by atoms with E-state index in [-0.39, 0.29) is 5.91 Å². The molecule has 2 heterocycles. The van der Waals surface area contributed by atoms with Crippen molar-refractivity contribution in [1.82, 2.24) is 9.88 Å². The second kappa shape index (κ2) is 4.85. The summed E-state index contributed by atoms with van der Waals surface area (Å²) < 4.78 is 0. The fraction of sp³-hybridized carbons (Fsp3) is 0.438. The minimum atomic E-state index is 0.0836. The fourth-order valence-corrected chi connectivity index (χ4v) is 3.26. The van der Waals surface area contributed by atoms with Crippen LogP contribution in [0.15, 0.2) is 24.3 Å². The molecule has 1 amide bonds. The normalized spacial score (nSPS) is 23.2. The Bertz CT molecular complexity index is 636. The average molecular weight is 271 g/mol. The van der Waals surface area contributed by atoms with Gasteiger partial charge >= 0.3 is 0 Å². The first-order valence-electron chi connectivity index (χ1n) is 7.28. The quantitative estimate of drug-likeness (QED) is 0.783. The molecule has 1 aliphatic heterocycles. The molecule has 1 aromatic carbocycles. The number of nitrogens with two attached hydrogens (primary N) is 1. The van der Waals surface area contributed by atoms with Crippen molar-refractivity contribution in [3.05, 3.63) is 30.0 Å². The molecular formula is C16H21N3O. The van der Waals surface area contributed by atoms with E-state index in [4.69, 9.17) is 5.73 Å². The van der Waals surface area contributed by atoms with Gasteiger partial charge < -0.3 is 15.6 Å². The van der Waals surface area contributed by atoms with Crippen LogP contribution in [0.5, 0.6) is 0 Å². The maximum Gasteiger partial charge on any atom is 0.270 e. The maximum atomic E-state index is 12.8. The number of fused-ring (bicyclic) bond motifs is 1. The van der Waals surface area contributed by atoms with Gasteiger partial charge in [0.1, 0.15) is 5.69 Å². The van der Waals surface area contributed by atoms with Gasteiger partial charge in [0.05, 0.1) is 11.2 Å². The summed E-state index contributed by atoms with van der Waals surface area (Å²) in [5.41, 5.74) is 8.12. The molecule has 0 aliphatic carbocycles. The van der Waals surface area contributed by atoms with E-state index in [0.29, 0.717) is 23.5 Å². The molecule has 1 aliphatic rings. The lowest BCUT2D eigenvalue weighted by Crippen LogP contribution is -2.47. The van der Waals surface area contributed by atoms with Crippen molar-refractivity contribution in [2.75, 3.05) is 5.73 Å². The Kier molecular flexibility index (Phi) is 3.16. The van der Waals surface area contributed by atoms with Gasteiger partial charge in [-0.2, -0.15) is 0 Å². The highest BCUT2D eigenvalue weighted by Gasteiger charge is 2.30. The number of hydrogen-bond acceptors (Lipinski definition) is 2. The number of hydrogen-bond donors (Lipinski definition) is 2. The Hall–Kier alpha value is -1.97. The number of aromatic amines is 1. The highest BCUT2D eigenvalue weighted by atomic mass is 16.2. The monoisotopic (exact) mass is 271 g/mol. The number of H-pyrrole nitrogens is 1. The van der Waals surface area contributed by atoms with E-state index in [9.17, 15) is 4.79 Å². The predicted octanol–water partition coefficient (Wildman–Crippen LogP) is 3.15. The van der Waals surface area contributed by atoms with Crippen LogP contribution in [0.1, 0.15) is 43.6 Å². The molecule has 2 aromatic rings. The molecule has 3 N–H and O–H groups in total. The summed E-state index contributed by atoms with van der Waals surface area (Å²) in [7, 11) is 0. The lowest BCUT2D eigenvalue weighted by molar-refractivity contribution is 0.0505. The van der Waals surface area contributed by atoms with Gasteiger partial charge in [-0.15, -0.1) is 0 Å². The van der Waals surface area contributed by atoms with Crippen LogP contribution in [0.25, 0.3) is 10.9 Å². The Labute approximate surface area is 118 Å². The van der Waals surface area contributed by atoms with Crippen LogP contribution in [0.2, 0.25) is 0 Å². The van der Waals surface area contributed by atoms with E-state index in [1.54, 1.807) is 0 Å². The topological polar surface area (TPSA) is 62.1 Å². The molecule has 0 saturated carbocycles. The van der Waals surface area contributed by atoms with Gasteiger partial charge in [-0.3, -0.25) is 4.79 Å². The fourth-order valence-electron chi connectivity index (χ4n) is 3.26. The van der Waals surface area contributed by atoms with Crippen molar-refractivity contribution < 1.29 is 4.79 Å². The number of carbonyl (C=O) groups is 1. The molecule has 1 saturated heterocycles. The van der Waals surface area contributed by atoms with E-state index < -0.39 is 0 Å². The summed E-state index contributed by atoms with van der Waals surface area (Å²) in [4.78, 5) is 17.9. The zero-order chi connectivity index (χ0) is 14.3. The van der Waals surface area contributed by atoms with Crippen molar-refractivity contribution in [3.8, 4) is 0 Å². The number of amides is 1. The molecule has 4 nitrogen and oxygen atoms in total. The second-order valence-electron chi connectivity index (χ2n) is 5.84. The highest BCUT2D eigenvalue weighted by molar-refractivity contribution is 6.01. The zero-order valence-corrected chi connectivity index (χ0v) is 12.0. The second-order valence-corrected chi connectivity index (χ2v) is 5.84. The van der Waals surface area contributed by atoms with Gasteiger partial charge in [0, 0.05) is 17.5 Å². The van der Waals surface area contributed by atoms with Crippen LogP contribution in [-0.4, -0.2) is 27.9 Å². The van der Waals surface area contributed by atoms with Crippen LogP contribution in [-0.2, 0) is 0 Å². The van der Waals surface area contributed by atoms with E-state index in [0.717, 1.165) is 23.7 Å². The Morgan fingerprint density at radius 3 is 2.65 bits per heavy atom. The van der Waals surface area contributed by atoms with E-state index in [2.05, 4.69) is 18.8 Å². The number of carbonyl (C=O) groups excluding carboxylic acids is 1. The third kappa shape index (κ3) is 2.05. The number of piperidine rings is 1. The number of nitrogens with one attached hydrogen (secondary N) is 1. The first-order valence-corrected chi connectivity index (χ1v) is 7.28. The van der Waals surface area contributed by atoms with Crippen LogP contribution in [0.3, 0.4) is 0 Å². The smallest absolute Gasteiger partial charge is 0.270 e. The standard InChI is InChI=1S/C16H21N3O/c1-10-5-3-6-11(2)19(10)16(20)14-9-12-7-4-8-13(17)15(12)18-14/h4,7-11,18H,3,5-6,17H2,1-2H3/t10-,11+. The van der Waals surface area contributed by atoms with Gasteiger partial charge in [-0.25, -0.2) is 0 Å². The number of likely N-dealkylation sites (tertiary alicyclic amines) is 1. The average Bonchev–Trinajstić information content (AvgIpc) is 2.84. The van der Waals surface area contributed by atoms with Crippen LogP contribution in [0, 0.1) is 0 Å². The van der Waals surface area contributed by atoms with Gasteiger partial charge in [0.2, 0.25) is 0 Å². The van der Waals surface area contributed by atoms with Crippen LogP contribution < -0.4 is 5.73 Å². The van der Waals surface area contributed by atoms with Crippen molar-refractivity contribution in [2.24, 2.45) is 0 Å². The summed E-state index contributed by atoms with van der Waals surface area (Å²) in [6, 6.07) is 8.24. The summed E-state index contributed by atoms with van der Waals surface area (Å²) in [5.74, 6) is 0.0836. The summed E-state index contributed by atoms with van der Waals surface area (Å²) in [5, 5.41) is 0.991. The number of aromatic nitrogens is 1. The van der Waals surface area contributed by atoms with Gasteiger partial charge in [0.15, 0.2) is 0 Å². The lowest BCUT2D eigenvalue weighted by Gasteiger charge is -2.38. The highest BCUT2D eigenvalue weighted by Crippen LogP contribution is 2.27. The molecule has 0 bridgehead atoms. The van der Waals surface area contributed by atoms with E-state index >= 15 is 0 Å². The largest absolute Gasteiger partial charge is 0.397 e. The molecule has 106 valence electrons. The molecule has 20 heavy (non-hydrogen) atoms. The Balaban J connectivity index is 1.97. The lowest BCUT2D eigenvalue weighted by atomic mass is 9.97. The number of para-hydroxylation sites is 1. The molecule has 3 rings (SSSR count). The first kappa shape index (κ1) is 13.0. The molecule has 0 unspecified atom stereocenters. The zero-order valence-electron chi connectivity index (χ0n) is 12.0. The Morgan fingerprint density at radius 2 is 2.00 bits per heavy atom. The predicted molar refractivity (Wildman–Crippen MR) is 81.7 cm³/mol. The third-order valence-corrected chi connectivity index (χ3v) is 4.35. The molecule has 2 atom stereocenters.